The second kappa shape index (κ2) is 6.16. The molecule has 118 valence electrons. The fraction of sp³-hybridized carbons (Fsp3) is 0.211. The number of methoxy groups -OCH3 is 2. The number of carbonyl (C=O) groups is 1. The Bertz CT molecular complexity index is 790. The Hall–Kier alpha value is -2.75. The predicted molar refractivity (Wildman–Crippen MR) is 88.0 cm³/mol. The number of allylic oxidation sites excluding steroid dienone is 2. The number of aliphatic hydroxyl groups excluding tert-OH is 1. The van der Waals surface area contributed by atoms with Crippen molar-refractivity contribution in [2.75, 3.05) is 14.2 Å². The SMILES string of the molecule is COc1ccc(CC(O)=C2C(=O)Cc3ccccc32)cc1OC. The molecule has 0 atom stereocenters. The minimum absolute atomic E-state index is 0.0378. The molecule has 0 radical (unpaired) electrons. The molecule has 0 bridgehead atoms. The van der Waals surface area contributed by atoms with Crippen molar-refractivity contribution in [3.05, 3.63) is 64.9 Å². The summed E-state index contributed by atoms with van der Waals surface area (Å²) in [5.74, 6) is 1.28. The van der Waals surface area contributed by atoms with Crippen LogP contribution in [0.4, 0.5) is 0 Å². The van der Waals surface area contributed by atoms with Gasteiger partial charge in [-0.2, -0.15) is 0 Å². The second-order valence-corrected chi connectivity index (χ2v) is 5.44. The molecule has 0 saturated heterocycles. The topological polar surface area (TPSA) is 55.8 Å². The lowest BCUT2D eigenvalue weighted by Crippen LogP contribution is -2.01. The van der Waals surface area contributed by atoms with Gasteiger partial charge >= 0.3 is 0 Å². The van der Waals surface area contributed by atoms with Gasteiger partial charge in [-0.1, -0.05) is 30.3 Å². The lowest BCUT2D eigenvalue weighted by atomic mass is 10.0. The molecule has 0 amide bonds. The highest BCUT2D eigenvalue weighted by molar-refractivity contribution is 6.25. The van der Waals surface area contributed by atoms with Crippen LogP contribution in [0.5, 0.6) is 11.5 Å². The largest absolute Gasteiger partial charge is 0.511 e. The zero-order valence-electron chi connectivity index (χ0n) is 13.1. The van der Waals surface area contributed by atoms with E-state index in [9.17, 15) is 9.90 Å². The molecule has 4 nitrogen and oxygen atoms in total. The van der Waals surface area contributed by atoms with E-state index in [-0.39, 0.29) is 18.0 Å². The van der Waals surface area contributed by atoms with Crippen LogP contribution < -0.4 is 9.47 Å². The average Bonchev–Trinajstić information content (AvgIpc) is 2.90. The smallest absolute Gasteiger partial charge is 0.171 e. The number of ketones is 1. The minimum Gasteiger partial charge on any atom is -0.511 e. The fourth-order valence-electron chi connectivity index (χ4n) is 2.92. The van der Waals surface area contributed by atoms with Crippen LogP contribution in [0.3, 0.4) is 0 Å². The first-order chi connectivity index (χ1) is 11.1. The molecule has 0 aliphatic heterocycles. The van der Waals surface area contributed by atoms with E-state index in [0.29, 0.717) is 23.5 Å². The Morgan fingerprint density at radius 2 is 1.83 bits per heavy atom. The van der Waals surface area contributed by atoms with E-state index < -0.39 is 0 Å². The number of carbonyl (C=O) groups excluding carboxylic acids is 1. The van der Waals surface area contributed by atoms with Gasteiger partial charge in [0.05, 0.1) is 19.8 Å². The normalized spacial score (nSPS) is 15.3. The molecule has 0 heterocycles. The Labute approximate surface area is 135 Å². The third kappa shape index (κ3) is 2.80. The second-order valence-electron chi connectivity index (χ2n) is 5.44. The number of fused-ring (bicyclic) bond motifs is 1. The lowest BCUT2D eigenvalue weighted by molar-refractivity contribution is -0.112. The number of Topliss-reactive ketones (excluding diaryl/α,β-unsaturated/α-hetero) is 1. The molecule has 2 aromatic carbocycles. The van der Waals surface area contributed by atoms with Crippen molar-refractivity contribution in [2.24, 2.45) is 0 Å². The summed E-state index contributed by atoms with van der Waals surface area (Å²) < 4.78 is 10.5. The van der Waals surface area contributed by atoms with E-state index in [1.807, 2.05) is 30.3 Å². The number of ether oxygens (including phenoxy) is 2. The van der Waals surface area contributed by atoms with Gasteiger partial charge in [0, 0.05) is 12.8 Å². The summed E-state index contributed by atoms with van der Waals surface area (Å²) in [6.07, 6.45) is 0.622. The van der Waals surface area contributed by atoms with Gasteiger partial charge in [-0.25, -0.2) is 0 Å². The van der Waals surface area contributed by atoms with Crippen LogP contribution in [-0.4, -0.2) is 25.1 Å². The number of hydrogen-bond acceptors (Lipinski definition) is 4. The Balaban J connectivity index is 1.95. The molecule has 1 N–H and O–H groups in total. The van der Waals surface area contributed by atoms with E-state index in [1.54, 1.807) is 26.4 Å². The average molecular weight is 310 g/mol. The highest BCUT2D eigenvalue weighted by Crippen LogP contribution is 2.33. The molecule has 3 rings (SSSR count). The monoisotopic (exact) mass is 310 g/mol. The number of hydrogen-bond donors (Lipinski definition) is 1. The molecular formula is C19H18O4. The molecule has 0 spiro atoms. The maximum atomic E-state index is 12.2. The Kier molecular flexibility index (Phi) is 4.06. The van der Waals surface area contributed by atoms with Crippen LogP contribution in [-0.2, 0) is 17.6 Å². The van der Waals surface area contributed by atoms with Crippen molar-refractivity contribution in [2.45, 2.75) is 12.8 Å². The van der Waals surface area contributed by atoms with Crippen molar-refractivity contribution in [1.29, 1.82) is 0 Å². The van der Waals surface area contributed by atoms with Gasteiger partial charge < -0.3 is 14.6 Å². The summed E-state index contributed by atoms with van der Waals surface area (Å²) in [6, 6.07) is 13.0. The van der Waals surface area contributed by atoms with Crippen LogP contribution in [0.15, 0.2) is 48.2 Å². The molecule has 0 saturated carbocycles. The summed E-state index contributed by atoms with van der Waals surface area (Å²) in [5.41, 5.74) is 3.07. The van der Waals surface area contributed by atoms with Gasteiger partial charge in [-0.3, -0.25) is 4.79 Å². The molecule has 0 fully saturated rings. The molecular weight excluding hydrogens is 292 g/mol. The van der Waals surface area contributed by atoms with Gasteiger partial charge in [-0.15, -0.1) is 0 Å². The number of benzene rings is 2. The third-order valence-electron chi connectivity index (χ3n) is 4.02. The minimum atomic E-state index is -0.0378. The van der Waals surface area contributed by atoms with Crippen LogP contribution in [0.25, 0.3) is 5.57 Å². The number of rotatable bonds is 4. The highest BCUT2D eigenvalue weighted by Gasteiger charge is 2.27. The maximum Gasteiger partial charge on any atom is 0.171 e. The molecule has 4 heteroatoms. The first-order valence-corrected chi connectivity index (χ1v) is 7.38. The van der Waals surface area contributed by atoms with Crippen molar-refractivity contribution >= 4 is 11.4 Å². The van der Waals surface area contributed by atoms with Crippen LogP contribution in [0, 0.1) is 0 Å². The van der Waals surface area contributed by atoms with Crippen molar-refractivity contribution in [3.8, 4) is 11.5 Å². The Morgan fingerprint density at radius 1 is 1.09 bits per heavy atom. The standard InChI is InChI=1S/C19H18O4/c1-22-17-8-7-12(10-18(17)23-2)9-15(20)19-14-6-4-3-5-13(14)11-16(19)21/h3-8,10,20H,9,11H2,1-2H3. The van der Waals surface area contributed by atoms with Gasteiger partial charge in [0.25, 0.3) is 0 Å². The summed E-state index contributed by atoms with van der Waals surface area (Å²) in [4.78, 5) is 12.2. The van der Waals surface area contributed by atoms with Crippen LogP contribution >= 0.6 is 0 Å². The van der Waals surface area contributed by atoms with Crippen LogP contribution in [0.2, 0.25) is 0 Å². The van der Waals surface area contributed by atoms with E-state index in [1.165, 1.54) is 0 Å². The van der Waals surface area contributed by atoms with E-state index in [2.05, 4.69) is 0 Å². The van der Waals surface area contributed by atoms with E-state index in [4.69, 9.17) is 9.47 Å². The highest BCUT2D eigenvalue weighted by atomic mass is 16.5. The lowest BCUT2D eigenvalue weighted by Gasteiger charge is -2.10. The molecule has 0 aromatic heterocycles. The van der Waals surface area contributed by atoms with Gasteiger partial charge in [0.1, 0.15) is 5.76 Å². The zero-order chi connectivity index (χ0) is 16.4. The quantitative estimate of drug-likeness (QED) is 0.695. The van der Waals surface area contributed by atoms with E-state index >= 15 is 0 Å². The maximum absolute atomic E-state index is 12.2. The predicted octanol–water partition coefficient (Wildman–Crippen LogP) is 3.34. The molecule has 1 aliphatic carbocycles. The van der Waals surface area contributed by atoms with Crippen LogP contribution in [0.1, 0.15) is 16.7 Å². The van der Waals surface area contributed by atoms with Gasteiger partial charge in [0.2, 0.25) is 0 Å². The molecule has 1 aliphatic rings. The van der Waals surface area contributed by atoms with E-state index in [0.717, 1.165) is 16.7 Å². The van der Waals surface area contributed by atoms with Crippen molar-refractivity contribution in [1.82, 2.24) is 0 Å². The summed E-state index contributed by atoms with van der Waals surface area (Å²) in [5, 5.41) is 10.5. The number of aliphatic hydroxyl groups is 1. The van der Waals surface area contributed by atoms with Gasteiger partial charge in [-0.05, 0) is 28.8 Å². The molecule has 2 aromatic rings. The van der Waals surface area contributed by atoms with Crippen molar-refractivity contribution in [3.63, 3.8) is 0 Å². The molecule has 0 unspecified atom stereocenters. The first kappa shape index (κ1) is 15.2. The van der Waals surface area contributed by atoms with Crippen molar-refractivity contribution < 1.29 is 19.4 Å². The summed E-state index contributed by atoms with van der Waals surface area (Å²) in [6.45, 7) is 0. The summed E-state index contributed by atoms with van der Waals surface area (Å²) >= 11 is 0. The zero-order valence-corrected chi connectivity index (χ0v) is 13.1. The third-order valence-corrected chi connectivity index (χ3v) is 4.02. The summed E-state index contributed by atoms with van der Waals surface area (Å²) in [7, 11) is 3.14. The Morgan fingerprint density at radius 3 is 2.57 bits per heavy atom. The molecule has 23 heavy (non-hydrogen) atoms. The van der Waals surface area contributed by atoms with Gasteiger partial charge in [0.15, 0.2) is 17.3 Å². The fourth-order valence-corrected chi connectivity index (χ4v) is 2.92. The first-order valence-electron chi connectivity index (χ1n) is 7.38.